The van der Waals surface area contributed by atoms with E-state index in [1.807, 2.05) is 18.2 Å². The molecule has 0 amide bonds. The van der Waals surface area contributed by atoms with Gasteiger partial charge in [0.2, 0.25) is 10.0 Å². The van der Waals surface area contributed by atoms with E-state index in [-0.39, 0.29) is 5.75 Å². The van der Waals surface area contributed by atoms with Crippen LogP contribution >= 0.6 is 0 Å². The van der Waals surface area contributed by atoms with Crippen LogP contribution in [0, 0.1) is 0 Å². The third kappa shape index (κ3) is 3.56. The Labute approximate surface area is 120 Å². The van der Waals surface area contributed by atoms with Crippen molar-refractivity contribution in [2.45, 2.75) is 6.54 Å². The summed E-state index contributed by atoms with van der Waals surface area (Å²) in [6, 6.07) is 14.4. The fraction of sp³-hybridized carbons (Fsp3) is 0.333. The Kier molecular flexibility index (Phi) is 4.75. The van der Waals surface area contributed by atoms with Gasteiger partial charge in [-0.25, -0.2) is 12.7 Å². The molecule has 20 heavy (non-hydrogen) atoms. The topological polar surface area (TPSA) is 49.4 Å². The minimum Gasteiger partial charge on any atom is -0.312 e. The van der Waals surface area contributed by atoms with Gasteiger partial charge in [0, 0.05) is 27.2 Å². The maximum atomic E-state index is 11.6. The average Bonchev–Trinajstić information content (AvgIpc) is 2.43. The van der Waals surface area contributed by atoms with Gasteiger partial charge >= 0.3 is 0 Å². The van der Waals surface area contributed by atoms with Crippen molar-refractivity contribution in [3.05, 3.63) is 48.0 Å². The summed E-state index contributed by atoms with van der Waals surface area (Å²) in [5, 5.41) is 5.61. The van der Waals surface area contributed by atoms with E-state index in [4.69, 9.17) is 0 Å². The van der Waals surface area contributed by atoms with Crippen LogP contribution in [0.4, 0.5) is 0 Å². The second-order valence-electron chi connectivity index (χ2n) is 4.91. The average molecular weight is 292 g/mol. The van der Waals surface area contributed by atoms with E-state index in [0.717, 1.165) is 0 Å². The molecule has 0 aromatic heterocycles. The number of sulfonamides is 1. The summed E-state index contributed by atoms with van der Waals surface area (Å²) in [5.41, 5.74) is 1.19. The van der Waals surface area contributed by atoms with E-state index in [9.17, 15) is 8.42 Å². The summed E-state index contributed by atoms with van der Waals surface area (Å²) in [4.78, 5) is 0. The van der Waals surface area contributed by atoms with Crippen LogP contribution in [0.1, 0.15) is 5.56 Å². The fourth-order valence-corrected chi connectivity index (χ4v) is 2.82. The molecule has 0 heterocycles. The Morgan fingerprint density at radius 1 is 1.05 bits per heavy atom. The molecular formula is C15H20N2O2S. The summed E-state index contributed by atoms with van der Waals surface area (Å²) in [7, 11) is -0.0131. The van der Waals surface area contributed by atoms with Gasteiger partial charge in [0.15, 0.2) is 0 Å². The van der Waals surface area contributed by atoms with Gasteiger partial charge in [0.05, 0.1) is 5.75 Å². The molecule has 0 aliphatic heterocycles. The number of fused-ring (bicyclic) bond motifs is 1. The number of hydrogen-bond acceptors (Lipinski definition) is 3. The van der Waals surface area contributed by atoms with Crippen LogP contribution in [-0.2, 0) is 16.6 Å². The molecule has 0 unspecified atom stereocenters. The van der Waals surface area contributed by atoms with Crippen LogP contribution < -0.4 is 5.32 Å². The molecule has 0 fully saturated rings. The molecule has 1 N–H and O–H groups in total. The summed E-state index contributed by atoms with van der Waals surface area (Å²) in [6.45, 7) is 1.12. The summed E-state index contributed by atoms with van der Waals surface area (Å²) < 4.78 is 24.5. The minimum atomic E-state index is -3.12. The first kappa shape index (κ1) is 15.0. The highest BCUT2D eigenvalue weighted by atomic mass is 32.2. The van der Waals surface area contributed by atoms with Crippen molar-refractivity contribution < 1.29 is 8.42 Å². The SMILES string of the molecule is CN(C)S(=O)(=O)CCNCc1cccc2ccccc12. The number of rotatable bonds is 6. The van der Waals surface area contributed by atoms with Gasteiger partial charge in [-0.3, -0.25) is 0 Å². The molecule has 2 rings (SSSR count). The van der Waals surface area contributed by atoms with Crippen molar-refractivity contribution in [3.8, 4) is 0 Å². The zero-order chi connectivity index (χ0) is 14.6. The Bertz CT molecular complexity index is 676. The van der Waals surface area contributed by atoms with Gasteiger partial charge in [-0.2, -0.15) is 0 Å². The maximum Gasteiger partial charge on any atom is 0.214 e. The molecule has 0 saturated carbocycles. The molecule has 0 saturated heterocycles. The summed E-state index contributed by atoms with van der Waals surface area (Å²) >= 11 is 0. The molecule has 0 bridgehead atoms. The van der Waals surface area contributed by atoms with Gasteiger partial charge in [0.25, 0.3) is 0 Å². The lowest BCUT2D eigenvalue weighted by molar-refractivity contribution is 0.517. The van der Waals surface area contributed by atoms with E-state index < -0.39 is 10.0 Å². The van der Waals surface area contributed by atoms with Crippen molar-refractivity contribution in [2.24, 2.45) is 0 Å². The Hall–Kier alpha value is -1.43. The molecule has 108 valence electrons. The van der Waals surface area contributed by atoms with Crippen molar-refractivity contribution in [1.82, 2.24) is 9.62 Å². The van der Waals surface area contributed by atoms with Gasteiger partial charge in [-0.1, -0.05) is 42.5 Å². The van der Waals surface area contributed by atoms with Gasteiger partial charge < -0.3 is 5.32 Å². The maximum absolute atomic E-state index is 11.6. The minimum absolute atomic E-state index is 0.116. The van der Waals surface area contributed by atoms with Crippen molar-refractivity contribution in [3.63, 3.8) is 0 Å². The first-order valence-corrected chi connectivity index (χ1v) is 8.19. The third-order valence-corrected chi connectivity index (χ3v) is 5.12. The van der Waals surface area contributed by atoms with Crippen molar-refractivity contribution >= 4 is 20.8 Å². The molecule has 0 aliphatic rings. The highest BCUT2D eigenvalue weighted by molar-refractivity contribution is 7.89. The van der Waals surface area contributed by atoms with E-state index in [1.165, 1.54) is 20.6 Å². The quantitative estimate of drug-likeness (QED) is 0.826. The molecule has 0 spiro atoms. The zero-order valence-electron chi connectivity index (χ0n) is 11.8. The smallest absolute Gasteiger partial charge is 0.214 e. The Morgan fingerprint density at radius 3 is 2.50 bits per heavy atom. The first-order valence-electron chi connectivity index (χ1n) is 6.58. The predicted octanol–water partition coefficient (Wildman–Crippen LogP) is 1.82. The van der Waals surface area contributed by atoms with Crippen LogP contribution in [0.25, 0.3) is 10.8 Å². The highest BCUT2D eigenvalue weighted by Crippen LogP contribution is 2.18. The number of nitrogens with zero attached hydrogens (tertiary/aromatic N) is 1. The molecule has 0 atom stereocenters. The van der Waals surface area contributed by atoms with Crippen molar-refractivity contribution in [1.29, 1.82) is 0 Å². The van der Waals surface area contributed by atoms with Crippen LogP contribution in [0.2, 0.25) is 0 Å². The van der Waals surface area contributed by atoms with Gasteiger partial charge in [-0.15, -0.1) is 0 Å². The number of hydrogen-bond donors (Lipinski definition) is 1. The van der Waals surface area contributed by atoms with E-state index in [1.54, 1.807) is 14.1 Å². The van der Waals surface area contributed by atoms with Crippen LogP contribution in [0.5, 0.6) is 0 Å². The first-order chi connectivity index (χ1) is 9.50. The lowest BCUT2D eigenvalue weighted by Gasteiger charge is -2.12. The lowest BCUT2D eigenvalue weighted by atomic mass is 10.0. The van der Waals surface area contributed by atoms with Crippen LogP contribution in [0.3, 0.4) is 0 Å². The van der Waals surface area contributed by atoms with E-state index >= 15 is 0 Å². The van der Waals surface area contributed by atoms with Gasteiger partial charge in [-0.05, 0) is 16.3 Å². The molecule has 0 radical (unpaired) electrons. The molecule has 5 heteroatoms. The van der Waals surface area contributed by atoms with Gasteiger partial charge in [0.1, 0.15) is 0 Å². The Balaban J connectivity index is 1.97. The highest BCUT2D eigenvalue weighted by Gasteiger charge is 2.12. The predicted molar refractivity (Wildman–Crippen MR) is 83.1 cm³/mol. The summed E-state index contributed by atoms with van der Waals surface area (Å²) in [6.07, 6.45) is 0. The van der Waals surface area contributed by atoms with Crippen LogP contribution in [-0.4, -0.2) is 39.1 Å². The van der Waals surface area contributed by atoms with Crippen LogP contribution in [0.15, 0.2) is 42.5 Å². The molecule has 0 aliphatic carbocycles. The zero-order valence-corrected chi connectivity index (χ0v) is 12.7. The van der Waals surface area contributed by atoms with E-state index in [0.29, 0.717) is 13.1 Å². The monoisotopic (exact) mass is 292 g/mol. The van der Waals surface area contributed by atoms with E-state index in [2.05, 4.69) is 29.6 Å². The molecular weight excluding hydrogens is 272 g/mol. The number of nitrogens with one attached hydrogen (secondary N) is 1. The summed E-state index contributed by atoms with van der Waals surface area (Å²) in [5.74, 6) is 0.116. The molecule has 4 nitrogen and oxygen atoms in total. The Morgan fingerprint density at radius 2 is 1.75 bits per heavy atom. The molecule has 2 aromatic rings. The standard InChI is InChI=1S/C15H20N2O2S/c1-17(2)20(18,19)11-10-16-12-14-8-5-7-13-6-3-4-9-15(13)14/h3-9,16H,10-12H2,1-2H3. The van der Waals surface area contributed by atoms with Crippen molar-refractivity contribution in [2.75, 3.05) is 26.4 Å². The normalized spacial score (nSPS) is 12.2. The lowest BCUT2D eigenvalue weighted by Crippen LogP contribution is -2.31. The fourth-order valence-electron chi connectivity index (χ4n) is 2.05. The number of benzene rings is 2. The second kappa shape index (κ2) is 6.35. The third-order valence-electron chi connectivity index (χ3n) is 3.29. The molecule has 2 aromatic carbocycles. The largest absolute Gasteiger partial charge is 0.312 e. The second-order valence-corrected chi connectivity index (χ2v) is 7.22.